The van der Waals surface area contributed by atoms with Crippen LogP contribution >= 0.6 is 11.6 Å². The Morgan fingerprint density at radius 1 is 1.33 bits per heavy atom. The molecule has 0 aromatic heterocycles. The summed E-state index contributed by atoms with van der Waals surface area (Å²) in [6.45, 7) is 0.569. The van der Waals surface area contributed by atoms with E-state index >= 15 is 0 Å². The summed E-state index contributed by atoms with van der Waals surface area (Å²) < 4.78 is 0. The van der Waals surface area contributed by atoms with Gasteiger partial charge >= 0.3 is 0 Å². The second-order valence-electron chi connectivity index (χ2n) is 3.60. The van der Waals surface area contributed by atoms with Crippen LogP contribution in [0.4, 0.5) is 0 Å². The number of isocyanates is 1. The molecule has 68 valence electrons. The van der Waals surface area contributed by atoms with E-state index < -0.39 is 0 Å². The van der Waals surface area contributed by atoms with E-state index in [-0.39, 0.29) is 5.41 Å². The quantitative estimate of drug-likeness (QED) is 0.379. The van der Waals surface area contributed by atoms with Gasteiger partial charge in [-0.15, -0.1) is 11.6 Å². The minimum Gasteiger partial charge on any atom is -0.211 e. The summed E-state index contributed by atoms with van der Waals surface area (Å²) >= 11 is 5.88. The lowest BCUT2D eigenvalue weighted by Gasteiger charge is -2.33. The molecule has 0 atom stereocenters. The van der Waals surface area contributed by atoms with Crippen molar-refractivity contribution >= 4 is 17.7 Å². The number of nitrogens with zero attached hydrogens (tertiary/aromatic N) is 1. The topological polar surface area (TPSA) is 29.4 Å². The Morgan fingerprint density at radius 3 is 2.50 bits per heavy atom. The fourth-order valence-corrected chi connectivity index (χ4v) is 2.19. The van der Waals surface area contributed by atoms with Crippen LogP contribution in [-0.2, 0) is 4.79 Å². The third kappa shape index (κ3) is 2.33. The third-order valence-electron chi connectivity index (χ3n) is 2.68. The Balaban J connectivity index is 2.53. The number of alkyl halides is 1. The largest absolute Gasteiger partial charge is 0.234 e. The second kappa shape index (κ2) is 4.64. The number of aliphatic imine (C=N–C) groups is 1. The van der Waals surface area contributed by atoms with Crippen molar-refractivity contribution < 1.29 is 4.79 Å². The summed E-state index contributed by atoms with van der Waals surface area (Å²) in [6.07, 6.45) is 7.56. The monoisotopic (exact) mass is 187 g/mol. The maximum absolute atomic E-state index is 9.97. The van der Waals surface area contributed by atoms with Crippen molar-refractivity contribution in [2.75, 3.05) is 12.4 Å². The van der Waals surface area contributed by atoms with Crippen molar-refractivity contribution in [3.05, 3.63) is 0 Å². The van der Waals surface area contributed by atoms with E-state index in [2.05, 4.69) is 4.99 Å². The van der Waals surface area contributed by atoms with Crippen LogP contribution in [0.25, 0.3) is 0 Å². The number of hydrogen-bond donors (Lipinski definition) is 0. The van der Waals surface area contributed by atoms with Gasteiger partial charge in [0.1, 0.15) is 0 Å². The molecule has 1 aliphatic rings. The normalized spacial score (nSPS) is 21.4. The zero-order chi connectivity index (χ0) is 8.86. The summed E-state index contributed by atoms with van der Waals surface area (Å²) in [5, 5.41) is 0. The number of carbonyl (C=O) groups excluding carboxylic acids is 1. The fourth-order valence-electron chi connectivity index (χ4n) is 1.84. The third-order valence-corrected chi connectivity index (χ3v) is 3.24. The van der Waals surface area contributed by atoms with Gasteiger partial charge in [-0.05, 0) is 12.8 Å². The molecule has 0 unspecified atom stereocenters. The van der Waals surface area contributed by atoms with Crippen molar-refractivity contribution in [1.29, 1.82) is 0 Å². The van der Waals surface area contributed by atoms with Crippen LogP contribution in [0.5, 0.6) is 0 Å². The first kappa shape index (κ1) is 9.76. The molecule has 0 radical (unpaired) electrons. The zero-order valence-electron chi connectivity index (χ0n) is 7.18. The zero-order valence-corrected chi connectivity index (χ0v) is 7.94. The van der Waals surface area contributed by atoms with Crippen molar-refractivity contribution in [3.8, 4) is 0 Å². The van der Waals surface area contributed by atoms with Gasteiger partial charge in [0.25, 0.3) is 0 Å². The first-order chi connectivity index (χ1) is 5.83. The van der Waals surface area contributed by atoms with E-state index in [1.165, 1.54) is 19.3 Å². The number of hydrogen-bond acceptors (Lipinski definition) is 2. The summed E-state index contributed by atoms with van der Waals surface area (Å²) in [5.41, 5.74) is 0.108. The smallest absolute Gasteiger partial charge is 0.211 e. The van der Waals surface area contributed by atoms with E-state index in [0.29, 0.717) is 12.4 Å². The lowest BCUT2D eigenvalue weighted by Crippen LogP contribution is -2.29. The molecule has 0 aliphatic heterocycles. The van der Waals surface area contributed by atoms with Gasteiger partial charge in [0, 0.05) is 11.3 Å². The van der Waals surface area contributed by atoms with Crippen molar-refractivity contribution in [1.82, 2.24) is 0 Å². The molecule has 0 bridgehead atoms. The van der Waals surface area contributed by atoms with Crippen LogP contribution in [-0.4, -0.2) is 18.5 Å². The van der Waals surface area contributed by atoms with Crippen LogP contribution in [0, 0.1) is 5.41 Å². The predicted octanol–water partition coefficient (Wildman–Crippen LogP) is 2.51. The average molecular weight is 188 g/mol. The lowest BCUT2D eigenvalue weighted by molar-refractivity contribution is 0.231. The van der Waals surface area contributed by atoms with Gasteiger partial charge in [0.15, 0.2) is 0 Å². The minimum atomic E-state index is 0.108. The molecule has 0 heterocycles. The molecule has 1 fully saturated rings. The van der Waals surface area contributed by atoms with Crippen molar-refractivity contribution in [3.63, 3.8) is 0 Å². The van der Waals surface area contributed by atoms with Crippen LogP contribution < -0.4 is 0 Å². The van der Waals surface area contributed by atoms with Crippen LogP contribution in [0.15, 0.2) is 4.99 Å². The average Bonchev–Trinajstić information content (AvgIpc) is 2.16. The highest BCUT2D eigenvalue weighted by Crippen LogP contribution is 2.37. The van der Waals surface area contributed by atoms with E-state index in [1.807, 2.05) is 0 Å². The van der Waals surface area contributed by atoms with Crippen molar-refractivity contribution in [2.45, 2.75) is 32.1 Å². The van der Waals surface area contributed by atoms with Gasteiger partial charge in [-0.3, -0.25) is 0 Å². The van der Waals surface area contributed by atoms with E-state index in [1.54, 1.807) is 6.08 Å². The van der Waals surface area contributed by atoms with Gasteiger partial charge in [0.05, 0.1) is 6.54 Å². The number of rotatable bonds is 3. The molecule has 0 aromatic rings. The van der Waals surface area contributed by atoms with Gasteiger partial charge in [-0.2, -0.15) is 0 Å². The molecule has 12 heavy (non-hydrogen) atoms. The fraction of sp³-hybridized carbons (Fsp3) is 0.889. The maximum atomic E-state index is 9.97. The Kier molecular flexibility index (Phi) is 3.77. The molecule has 3 heteroatoms. The Morgan fingerprint density at radius 2 is 2.00 bits per heavy atom. The Hall–Kier alpha value is -0.330. The van der Waals surface area contributed by atoms with Gasteiger partial charge in [-0.1, -0.05) is 19.3 Å². The molecule has 0 saturated heterocycles. The van der Waals surface area contributed by atoms with Crippen LogP contribution in [0.1, 0.15) is 32.1 Å². The SMILES string of the molecule is O=C=NCC1(CCl)CCCCC1. The highest BCUT2D eigenvalue weighted by molar-refractivity contribution is 6.18. The van der Waals surface area contributed by atoms with Crippen LogP contribution in [0.2, 0.25) is 0 Å². The van der Waals surface area contributed by atoms with E-state index in [4.69, 9.17) is 11.6 Å². The van der Waals surface area contributed by atoms with E-state index in [9.17, 15) is 4.79 Å². The standard InChI is InChI=1S/C9H14ClNO/c10-6-9(7-11-8-12)4-2-1-3-5-9/h1-7H2. The molecule has 0 aromatic carbocycles. The van der Waals surface area contributed by atoms with E-state index in [0.717, 1.165) is 12.8 Å². The summed E-state index contributed by atoms with van der Waals surface area (Å²) in [5.74, 6) is 0.623. The van der Waals surface area contributed by atoms with Crippen LogP contribution in [0.3, 0.4) is 0 Å². The molecular formula is C9H14ClNO. The molecule has 0 N–H and O–H groups in total. The molecule has 0 spiro atoms. The van der Waals surface area contributed by atoms with Gasteiger partial charge in [-0.25, -0.2) is 9.79 Å². The first-order valence-electron chi connectivity index (χ1n) is 4.43. The molecule has 1 saturated carbocycles. The Labute approximate surface area is 78.0 Å². The number of halogens is 1. The molecule has 2 nitrogen and oxygen atoms in total. The van der Waals surface area contributed by atoms with Gasteiger partial charge in [0.2, 0.25) is 6.08 Å². The lowest BCUT2D eigenvalue weighted by atomic mass is 9.76. The highest BCUT2D eigenvalue weighted by Gasteiger charge is 2.30. The highest BCUT2D eigenvalue weighted by atomic mass is 35.5. The predicted molar refractivity (Wildman–Crippen MR) is 49.2 cm³/mol. The second-order valence-corrected chi connectivity index (χ2v) is 3.87. The van der Waals surface area contributed by atoms with Crippen molar-refractivity contribution in [2.24, 2.45) is 10.4 Å². The summed E-state index contributed by atoms with van der Waals surface area (Å²) in [4.78, 5) is 13.6. The Bertz CT molecular complexity index is 181. The summed E-state index contributed by atoms with van der Waals surface area (Å²) in [6, 6.07) is 0. The molecular weight excluding hydrogens is 174 g/mol. The maximum Gasteiger partial charge on any atom is 0.234 e. The molecule has 1 rings (SSSR count). The molecule has 1 aliphatic carbocycles. The van der Waals surface area contributed by atoms with Gasteiger partial charge < -0.3 is 0 Å². The minimum absolute atomic E-state index is 0.108. The summed E-state index contributed by atoms with van der Waals surface area (Å²) in [7, 11) is 0. The first-order valence-corrected chi connectivity index (χ1v) is 4.96. The molecule has 0 amide bonds.